The lowest BCUT2D eigenvalue weighted by molar-refractivity contribution is 0.0975. The molecule has 4 nitrogen and oxygen atoms in total. The van der Waals surface area contributed by atoms with Crippen LogP contribution in [0.4, 0.5) is 5.69 Å². The third-order valence-electron chi connectivity index (χ3n) is 4.44. The number of amides is 1. The number of carbonyl (C=O) groups is 1. The maximum absolute atomic E-state index is 13.0. The van der Waals surface area contributed by atoms with Crippen LogP contribution in [-0.2, 0) is 0 Å². The van der Waals surface area contributed by atoms with Crippen LogP contribution in [0.5, 0.6) is 5.75 Å². The van der Waals surface area contributed by atoms with Gasteiger partial charge in [0, 0.05) is 23.6 Å². The van der Waals surface area contributed by atoms with E-state index in [0.717, 1.165) is 17.1 Å². The highest BCUT2D eigenvalue weighted by Gasteiger charge is 2.35. The first-order chi connectivity index (χ1) is 11.1. The molecule has 1 aliphatic rings. The molecule has 0 unspecified atom stereocenters. The van der Waals surface area contributed by atoms with E-state index < -0.39 is 0 Å². The van der Waals surface area contributed by atoms with Crippen LogP contribution in [0.2, 0.25) is 0 Å². The molecule has 1 heterocycles. The molecule has 4 heteroatoms. The van der Waals surface area contributed by atoms with Crippen molar-refractivity contribution >= 4 is 11.6 Å². The van der Waals surface area contributed by atoms with Gasteiger partial charge in [0.05, 0.1) is 12.7 Å². The molecule has 0 radical (unpaired) electrons. The van der Waals surface area contributed by atoms with Crippen LogP contribution in [0.25, 0.3) is 0 Å². The summed E-state index contributed by atoms with van der Waals surface area (Å²) in [7, 11) is 1.64. The lowest BCUT2D eigenvalue weighted by atomic mass is 10.1. The van der Waals surface area contributed by atoms with Gasteiger partial charge in [0.2, 0.25) is 0 Å². The summed E-state index contributed by atoms with van der Waals surface area (Å²) in [4.78, 5) is 19.2. The van der Waals surface area contributed by atoms with Crippen LogP contribution >= 0.6 is 0 Å². The van der Waals surface area contributed by atoms with Crippen molar-refractivity contribution in [2.45, 2.75) is 32.7 Å². The summed E-state index contributed by atoms with van der Waals surface area (Å²) in [5.74, 6) is 1.37. The molecule has 0 aliphatic heterocycles. The summed E-state index contributed by atoms with van der Waals surface area (Å²) < 4.78 is 5.21. The molecule has 1 aromatic heterocycles. The van der Waals surface area contributed by atoms with Gasteiger partial charge in [0.1, 0.15) is 5.75 Å². The minimum Gasteiger partial charge on any atom is -0.497 e. The molecule has 1 aliphatic carbocycles. The van der Waals surface area contributed by atoms with Crippen LogP contribution in [0.3, 0.4) is 0 Å². The molecule has 0 saturated heterocycles. The molecule has 120 valence electrons. The number of nitrogens with zero attached hydrogens (tertiary/aromatic N) is 2. The van der Waals surface area contributed by atoms with Crippen LogP contribution in [0.15, 0.2) is 42.6 Å². The standard InChI is InChI=1S/C19H22N2O2/c1-13-4-5-16(12-20-13)19(22)21(14(2)15-6-7-15)17-8-10-18(23-3)11-9-17/h4-5,8-12,14-15H,6-7H2,1-3H3/t14-/m1/s1. The van der Waals surface area contributed by atoms with E-state index in [9.17, 15) is 4.79 Å². The van der Waals surface area contributed by atoms with E-state index in [4.69, 9.17) is 4.74 Å². The summed E-state index contributed by atoms with van der Waals surface area (Å²) >= 11 is 0. The molecule has 2 aromatic rings. The second-order valence-corrected chi connectivity index (χ2v) is 6.14. The topological polar surface area (TPSA) is 42.4 Å². The summed E-state index contributed by atoms with van der Waals surface area (Å²) in [5.41, 5.74) is 2.43. The lowest BCUT2D eigenvalue weighted by Gasteiger charge is -2.29. The molecule has 0 spiro atoms. The summed E-state index contributed by atoms with van der Waals surface area (Å²) in [6.07, 6.45) is 4.04. The first-order valence-electron chi connectivity index (χ1n) is 8.00. The van der Waals surface area contributed by atoms with E-state index in [1.165, 1.54) is 12.8 Å². The van der Waals surface area contributed by atoms with Gasteiger partial charge in [0.25, 0.3) is 5.91 Å². The number of rotatable bonds is 5. The number of benzene rings is 1. The first kappa shape index (κ1) is 15.5. The summed E-state index contributed by atoms with van der Waals surface area (Å²) in [6.45, 7) is 4.05. The normalized spacial score (nSPS) is 15.1. The fourth-order valence-corrected chi connectivity index (χ4v) is 2.80. The molecular formula is C19H22N2O2. The fraction of sp³-hybridized carbons (Fsp3) is 0.368. The maximum atomic E-state index is 13.0. The van der Waals surface area contributed by atoms with Gasteiger partial charge in [-0.25, -0.2) is 0 Å². The molecular weight excluding hydrogens is 288 g/mol. The number of ether oxygens (including phenoxy) is 1. The Morgan fingerprint density at radius 1 is 1.22 bits per heavy atom. The number of aryl methyl sites for hydroxylation is 1. The van der Waals surface area contributed by atoms with Crippen molar-refractivity contribution in [3.8, 4) is 5.75 Å². The van der Waals surface area contributed by atoms with Gasteiger partial charge in [-0.1, -0.05) is 0 Å². The molecule has 1 amide bonds. The van der Waals surface area contributed by atoms with Crippen LogP contribution in [-0.4, -0.2) is 24.0 Å². The fourth-order valence-electron chi connectivity index (χ4n) is 2.80. The Labute approximate surface area is 137 Å². The minimum atomic E-state index is 0.00191. The zero-order valence-electron chi connectivity index (χ0n) is 13.8. The number of methoxy groups -OCH3 is 1. The third kappa shape index (κ3) is 3.36. The molecule has 1 saturated carbocycles. The minimum absolute atomic E-state index is 0.00191. The van der Waals surface area contributed by atoms with Crippen molar-refractivity contribution in [3.05, 3.63) is 53.9 Å². The van der Waals surface area contributed by atoms with Crippen molar-refractivity contribution < 1.29 is 9.53 Å². The Morgan fingerprint density at radius 2 is 1.91 bits per heavy atom. The van der Waals surface area contributed by atoms with Crippen molar-refractivity contribution in [2.24, 2.45) is 5.92 Å². The monoisotopic (exact) mass is 310 g/mol. The SMILES string of the molecule is COc1ccc(N(C(=O)c2ccc(C)nc2)[C@H](C)C2CC2)cc1. The summed E-state index contributed by atoms with van der Waals surface area (Å²) in [5, 5.41) is 0. The van der Waals surface area contributed by atoms with E-state index >= 15 is 0 Å². The molecule has 23 heavy (non-hydrogen) atoms. The van der Waals surface area contributed by atoms with Crippen molar-refractivity contribution in [3.63, 3.8) is 0 Å². The van der Waals surface area contributed by atoms with E-state index in [2.05, 4.69) is 11.9 Å². The summed E-state index contributed by atoms with van der Waals surface area (Å²) in [6, 6.07) is 11.6. The first-order valence-corrected chi connectivity index (χ1v) is 8.00. The van der Waals surface area contributed by atoms with Gasteiger partial charge in [-0.05, 0) is 69.0 Å². The van der Waals surface area contributed by atoms with Gasteiger partial charge >= 0.3 is 0 Å². The second-order valence-electron chi connectivity index (χ2n) is 6.14. The number of anilines is 1. The van der Waals surface area contributed by atoms with E-state index in [1.54, 1.807) is 13.3 Å². The molecule has 3 rings (SSSR count). The van der Waals surface area contributed by atoms with Crippen molar-refractivity contribution in [2.75, 3.05) is 12.0 Å². The molecule has 1 fully saturated rings. The Kier molecular flexibility index (Phi) is 4.33. The Bertz CT molecular complexity index is 676. The predicted molar refractivity (Wildman–Crippen MR) is 91.0 cm³/mol. The zero-order chi connectivity index (χ0) is 16.4. The largest absolute Gasteiger partial charge is 0.497 e. The Hall–Kier alpha value is -2.36. The Morgan fingerprint density at radius 3 is 2.43 bits per heavy atom. The third-order valence-corrected chi connectivity index (χ3v) is 4.44. The van der Waals surface area contributed by atoms with Crippen molar-refractivity contribution in [1.29, 1.82) is 0 Å². The highest BCUT2D eigenvalue weighted by molar-refractivity contribution is 6.06. The van der Waals surface area contributed by atoms with Crippen LogP contribution in [0, 0.1) is 12.8 Å². The second kappa shape index (κ2) is 6.41. The van der Waals surface area contributed by atoms with Crippen molar-refractivity contribution in [1.82, 2.24) is 4.98 Å². The van der Waals surface area contributed by atoms with E-state index in [1.807, 2.05) is 48.2 Å². The van der Waals surface area contributed by atoms with Gasteiger partial charge < -0.3 is 9.64 Å². The quantitative estimate of drug-likeness (QED) is 0.842. The average Bonchev–Trinajstić information content (AvgIpc) is 3.41. The van der Waals surface area contributed by atoms with Gasteiger partial charge in [-0.3, -0.25) is 9.78 Å². The predicted octanol–water partition coefficient (Wildman–Crippen LogP) is 3.84. The van der Waals surface area contributed by atoms with Crippen LogP contribution in [0.1, 0.15) is 35.8 Å². The smallest absolute Gasteiger partial charge is 0.260 e. The zero-order valence-corrected chi connectivity index (χ0v) is 13.8. The molecule has 0 bridgehead atoms. The van der Waals surface area contributed by atoms with Gasteiger partial charge in [-0.2, -0.15) is 0 Å². The lowest BCUT2D eigenvalue weighted by Crippen LogP contribution is -2.40. The molecule has 1 aromatic carbocycles. The number of hydrogen-bond acceptors (Lipinski definition) is 3. The average molecular weight is 310 g/mol. The van der Waals surface area contributed by atoms with E-state index in [-0.39, 0.29) is 11.9 Å². The van der Waals surface area contributed by atoms with Crippen LogP contribution < -0.4 is 9.64 Å². The highest BCUT2D eigenvalue weighted by Crippen LogP contribution is 2.37. The number of carbonyl (C=O) groups excluding carboxylic acids is 1. The van der Waals surface area contributed by atoms with E-state index in [0.29, 0.717) is 11.5 Å². The highest BCUT2D eigenvalue weighted by atomic mass is 16.5. The van der Waals surface area contributed by atoms with Gasteiger partial charge in [0.15, 0.2) is 0 Å². The van der Waals surface area contributed by atoms with Gasteiger partial charge in [-0.15, -0.1) is 0 Å². The maximum Gasteiger partial charge on any atom is 0.260 e. The number of aromatic nitrogens is 1. The number of hydrogen-bond donors (Lipinski definition) is 0. The number of pyridine rings is 1. The molecule has 1 atom stereocenters. The Balaban J connectivity index is 1.93. The molecule has 0 N–H and O–H groups in total.